The molecule has 0 radical (unpaired) electrons. The molecule has 2 aliphatic rings. The van der Waals surface area contributed by atoms with Crippen molar-refractivity contribution in [2.24, 2.45) is 0 Å². The third-order valence-electron chi connectivity index (χ3n) is 4.45. The van der Waals surface area contributed by atoms with Crippen LogP contribution >= 0.6 is 11.3 Å². The minimum atomic E-state index is -0.531. The highest BCUT2D eigenvalue weighted by atomic mass is 32.1. The van der Waals surface area contributed by atoms with Gasteiger partial charge in [-0.05, 0) is 49.4 Å². The number of benzene rings is 1. The van der Waals surface area contributed by atoms with Gasteiger partial charge in [0.2, 0.25) is 0 Å². The highest BCUT2D eigenvalue weighted by Gasteiger charge is 2.43. The van der Waals surface area contributed by atoms with Gasteiger partial charge in [-0.2, -0.15) is 0 Å². The lowest BCUT2D eigenvalue weighted by Crippen LogP contribution is -2.26. The summed E-state index contributed by atoms with van der Waals surface area (Å²) in [6, 6.07) is 5.68. The Hall–Kier alpha value is -1.75. The van der Waals surface area contributed by atoms with E-state index >= 15 is 0 Å². The van der Waals surface area contributed by atoms with Gasteiger partial charge in [-0.25, -0.2) is 8.78 Å². The average Bonchev–Trinajstić information content (AvgIpc) is 2.90. The molecule has 4 rings (SSSR count). The van der Waals surface area contributed by atoms with E-state index < -0.39 is 11.6 Å². The van der Waals surface area contributed by atoms with Crippen molar-refractivity contribution in [1.29, 1.82) is 0 Å². The van der Waals surface area contributed by atoms with Crippen LogP contribution in [0.4, 0.5) is 8.78 Å². The summed E-state index contributed by atoms with van der Waals surface area (Å²) in [4.78, 5) is 14.3. The lowest BCUT2D eigenvalue weighted by Gasteiger charge is -2.05. The summed E-state index contributed by atoms with van der Waals surface area (Å²) in [6.45, 7) is 0. The summed E-state index contributed by atoms with van der Waals surface area (Å²) >= 11 is 1.54. The van der Waals surface area contributed by atoms with Crippen molar-refractivity contribution in [3.63, 3.8) is 0 Å². The van der Waals surface area contributed by atoms with Crippen LogP contribution in [0.2, 0.25) is 0 Å². The van der Waals surface area contributed by atoms with Gasteiger partial charge in [0.15, 0.2) is 0 Å². The number of rotatable bonds is 3. The zero-order chi connectivity index (χ0) is 15.3. The Bertz CT molecular complexity index is 713. The van der Waals surface area contributed by atoms with Crippen molar-refractivity contribution < 1.29 is 13.6 Å². The SMILES string of the molecule is O=C(NC1CC1c1c(F)cccc1F)c1cc2c(s1)CCC2. The Labute approximate surface area is 131 Å². The summed E-state index contributed by atoms with van der Waals surface area (Å²) in [7, 11) is 0. The third-order valence-corrected chi connectivity index (χ3v) is 5.68. The maximum absolute atomic E-state index is 13.7. The number of hydrogen-bond donors (Lipinski definition) is 1. The van der Waals surface area contributed by atoms with E-state index in [1.165, 1.54) is 35.1 Å². The molecule has 1 aromatic carbocycles. The molecular weight excluding hydrogens is 304 g/mol. The summed E-state index contributed by atoms with van der Waals surface area (Å²) in [5.41, 5.74) is 1.38. The van der Waals surface area contributed by atoms with Gasteiger partial charge >= 0.3 is 0 Å². The summed E-state index contributed by atoms with van der Waals surface area (Å²) in [5.74, 6) is -1.44. The van der Waals surface area contributed by atoms with Gasteiger partial charge < -0.3 is 5.32 Å². The molecule has 0 bridgehead atoms. The van der Waals surface area contributed by atoms with Gasteiger partial charge in [-0.1, -0.05) is 6.07 Å². The maximum Gasteiger partial charge on any atom is 0.261 e. The van der Waals surface area contributed by atoms with E-state index in [1.807, 2.05) is 6.07 Å². The number of carbonyl (C=O) groups excluding carboxylic acids is 1. The van der Waals surface area contributed by atoms with Crippen LogP contribution in [0.5, 0.6) is 0 Å². The summed E-state index contributed by atoms with van der Waals surface area (Å²) in [5, 5.41) is 2.90. The Morgan fingerprint density at radius 2 is 2.00 bits per heavy atom. The molecule has 0 saturated heterocycles. The highest BCUT2D eigenvalue weighted by molar-refractivity contribution is 7.14. The number of carbonyl (C=O) groups is 1. The largest absolute Gasteiger partial charge is 0.348 e. The van der Waals surface area contributed by atoms with Crippen LogP contribution < -0.4 is 5.32 Å². The minimum absolute atomic E-state index is 0.0986. The van der Waals surface area contributed by atoms with Crippen LogP contribution in [-0.4, -0.2) is 11.9 Å². The smallest absolute Gasteiger partial charge is 0.261 e. The van der Waals surface area contributed by atoms with Crippen LogP contribution in [-0.2, 0) is 12.8 Å². The molecule has 22 heavy (non-hydrogen) atoms. The molecule has 1 saturated carbocycles. The van der Waals surface area contributed by atoms with Gasteiger partial charge in [-0.3, -0.25) is 4.79 Å². The molecule has 0 spiro atoms. The van der Waals surface area contributed by atoms with Crippen LogP contribution in [0.3, 0.4) is 0 Å². The Kier molecular flexibility index (Phi) is 3.26. The second-order valence-electron chi connectivity index (χ2n) is 5.97. The second-order valence-corrected chi connectivity index (χ2v) is 7.11. The zero-order valence-corrected chi connectivity index (χ0v) is 12.7. The van der Waals surface area contributed by atoms with Crippen molar-refractivity contribution in [1.82, 2.24) is 5.32 Å². The Balaban J connectivity index is 1.46. The molecule has 2 unspecified atom stereocenters. The molecule has 5 heteroatoms. The Morgan fingerprint density at radius 3 is 2.73 bits per heavy atom. The summed E-state index contributed by atoms with van der Waals surface area (Å²) in [6.07, 6.45) is 3.86. The van der Waals surface area contributed by atoms with E-state index in [-0.39, 0.29) is 23.4 Å². The first-order chi connectivity index (χ1) is 10.6. The first-order valence-electron chi connectivity index (χ1n) is 7.50. The number of halogens is 2. The molecule has 1 heterocycles. The third kappa shape index (κ3) is 2.33. The molecule has 0 aliphatic heterocycles. The maximum atomic E-state index is 13.7. The lowest BCUT2D eigenvalue weighted by atomic mass is 10.1. The first-order valence-corrected chi connectivity index (χ1v) is 8.31. The van der Waals surface area contributed by atoms with Crippen molar-refractivity contribution >= 4 is 17.2 Å². The quantitative estimate of drug-likeness (QED) is 0.916. The summed E-state index contributed by atoms with van der Waals surface area (Å²) < 4.78 is 27.5. The van der Waals surface area contributed by atoms with Gasteiger partial charge in [0, 0.05) is 22.4 Å². The molecule has 1 N–H and O–H groups in total. The highest BCUT2D eigenvalue weighted by Crippen LogP contribution is 2.43. The van der Waals surface area contributed by atoms with Crippen molar-refractivity contribution in [2.75, 3.05) is 0 Å². The number of fused-ring (bicyclic) bond motifs is 1. The fraction of sp³-hybridized carbons (Fsp3) is 0.353. The van der Waals surface area contributed by atoms with Crippen molar-refractivity contribution in [3.8, 4) is 0 Å². The number of amides is 1. The predicted octanol–water partition coefficient (Wildman–Crippen LogP) is 3.80. The normalized spacial score (nSPS) is 22.5. The van der Waals surface area contributed by atoms with E-state index in [0.717, 1.165) is 12.8 Å². The van der Waals surface area contributed by atoms with Crippen LogP contribution in [0.1, 0.15) is 44.4 Å². The van der Waals surface area contributed by atoms with E-state index in [2.05, 4.69) is 5.32 Å². The molecule has 2 nitrogen and oxygen atoms in total. The van der Waals surface area contributed by atoms with Crippen LogP contribution in [0.15, 0.2) is 24.3 Å². The van der Waals surface area contributed by atoms with Crippen molar-refractivity contribution in [2.45, 2.75) is 37.6 Å². The van der Waals surface area contributed by atoms with E-state index in [1.54, 1.807) is 11.3 Å². The van der Waals surface area contributed by atoms with Crippen molar-refractivity contribution in [3.05, 3.63) is 56.8 Å². The monoisotopic (exact) mass is 319 g/mol. The van der Waals surface area contributed by atoms with Gasteiger partial charge in [0.05, 0.1) is 4.88 Å². The molecule has 1 amide bonds. The van der Waals surface area contributed by atoms with Gasteiger partial charge in [-0.15, -0.1) is 11.3 Å². The number of aryl methyl sites for hydroxylation is 2. The standard InChI is InChI=1S/C17H15F2NOS/c18-11-4-2-5-12(19)16(11)10-8-13(10)20-17(21)15-7-9-3-1-6-14(9)22-15/h2,4-5,7,10,13H,1,3,6,8H2,(H,20,21). The van der Waals surface area contributed by atoms with Crippen LogP contribution in [0.25, 0.3) is 0 Å². The first kappa shape index (κ1) is 13.9. The fourth-order valence-electron chi connectivity index (χ4n) is 3.22. The molecule has 2 aromatic rings. The molecule has 2 aliphatic carbocycles. The van der Waals surface area contributed by atoms with Crippen LogP contribution in [0, 0.1) is 11.6 Å². The van der Waals surface area contributed by atoms with E-state index in [4.69, 9.17) is 0 Å². The Morgan fingerprint density at radius 1 is 1.23 bits per heavy atom. The predicted molar refractivity (Wildman–Crippen MR) is 81.3 cm³/mol. The number of thiophene rings is 1. The van der Waals surface area contributed by atoms with E-state index in [0.29, 0.717) is 11.3 Å². The average molecular weight is 319 g/mol. The topological polar surface area (TPSA) is 29.1 Å². The minimum Gasteiger partial charge on any atom is -0.348 e. The molecule has 1 fully saturated rings. The van der Waals surface area contributed by atoms with E-state index in [9.17, 15) is 13.6 Å². The molecule has 1 aromatic heterocycles. The lowest BCUT2D eigenvalue weighted by molar-refractivity contribution is 0.0954. The second kappa shape index (κ2) is 5.16. The molecule has 2 atom stereocenters. The number of hydrogen-bond acceptors (Lipinski definition) is 2. The molecular formula is C17H15F2NOS. The number of nitrogens with one attached hydrogen (secondary N) is 1. The van der Waals surface area contributed by atoms with Gasteiger partial charge in [0.1, 0.15) is 11.6 Å². The fourth-order valence-corrected chi connectivity index (χ4v) is 4.38. The zero-order valence-electron chi connectivity index (χ0n) is 11.9. The van der Waals surface area contributed by atoms with Gasteiger partial charge in [0.25, 0.3) is 5.91 Å². The molecule has 114 valence electrons.